The molecule has 0 fully saturated rings. The quantitative estimate of drug-likeness (QED) is 0.807. The molecular formula is C12H14N4O2. The first kappa shape index (κ1) is 12.1. The molecule has 0 aliphatic heterocycles. The molecule has 0 saturated carbocycles. The van der Waals surface area contributed by atoms with Crippen LogP contribution in [0.25, 0.3) is 0 Å². The van der Waals surface area contributed by atoms with E-state index in [2.05, 4.69) is 20.5 Å². The van der Waals surface area contributed by atoms with Crippen LogP contribution in [0.5, 0.6) is 0 Å². The lowest BCUT2D eigenvalue weighted by atomic mass is 10.2. The Hall–Kier alpha value is -2.37. The van der Waals surface area contributed by atoms with Crippen LogP contribution in [0.15, 0.2) is 24.4 Å². The van der Waals surface area contributed by atoms with Crippen LogP contribution in [0.3, 0.4) is 0 Å². The molecule has 0 bridgehead atoms. The van der Waals surface area contributed by atoms with Crippen molar-refractivity contribution in [2.45, 2.75) is 13.8 Å². The minimum absolute atomic E-state index is 0.326. The van der Waals surface area contributed by atoms with Crippen LogP contribution in [0.1, 0.15) is 23.0 Å². The first-order valence-electron chi connectivity index (χ1n) is 5.62. The monoisotopic (exact) mass is 246 g/mol. The van der Waals surface area contributed by atoms with Crippen LogP contribution in [0.2, 0.25) is 0 Å². The maximum Gasteiger partial charge on any atom is 0.343 e. The summed E-state index contributed by atoms with van der Waals surface area (Å²) in [5.74, 6) is 0.640. The number of nitrogens with zero attached hydrogens (tertiary/aromatic N) is 2. The fourth-order valence-electron chi connectivity index (χ4n) is 1.53. The maximum atomic E-state index is 11.8. The minimum Gasteiger partial charge on any atom is -0.462 e. The van der Waals surface area contributed by atoms with E-state index in [-0.39, 0.29) is 0 Å². The summed E-state index contributed by atoms with van der Waals surface area (Å²) >= 11 is 0. The summed E-state index contributed by atoms with van der Waals surface area (Å²) in [7, 11) is 0. The van der Waals surface area contributed by atoms with Gasteiger partial charge in [-0.05, 0) is 26.0 Å². The SMILES string of the molecule is CCOC(=O)c1c(Nc2ccccn2)n[nH]c1C. The number of hydrogen-bond acceptors (Lipinski definition) is 5. The molecule has 2 N–H and O–H groups in total. The fourth-order valence-corrected chi connectivity index (χ4v) is 1.53. The summed E-state index contributed by atoms with van der Waals surface area (Å²) in [6, 6.07) is 5.45. The van der Waals surface area contributed by atoms with Gasteiger partial charge in [-0.25, -0.2) is 9.78 Å². The molecule has 0 aliphatic carbocycles. The van der Waals surface area contributed by atoms with Gasteiger partial charge >= 0.3 is 5.97 Å². The molecule has 0 spiro atoms. The number of ether oxygens (including phenoxy) is 1. The van der Waals surface area contributed by atoms with E-state index < -0.39 is 5.97 Å². The number of aryl methyl sites for hydroxylation is 1. The van der Waals surface area contributed by atoms with Gasteiger partial charge in [0.1, 0.15) is 11.4 Å². The van der Waals surface area contributed by atoms with E-state index in [0.717, 1.165) is 0 Å². The molecular weight excluding hydrogens is 232 g/mol. The predicted molar refractivity (Wildman–Crippen MR) is 66.8 cm³/mol. The Morgan fingerprint density at radius 1 is 1.50 bits per heavy atom. The molecule has 2 rings (SSSR count). The lowest BCUT2D eigenvalue weighted by Crippen LogP contribution is -2.08. The zero-order chi connectivity index (χ0) is 13.0. The number of nitrogens with one attached hydrogen (secondary N) is 2. The standard InChI is InChI=1S/C12H14N4O2/c1-3-18-12(17)10-8(2)15-16-11(10)14-9-6-4-5-7-13-9/h4-7H,3H2,1-2H3,(H2,13,14,15,16). The highest BCUT2D eigenvalue weighted by molar-refractivity contribution is 5.96. The smallest absolute Gasteiger partial charge is 0.343 e. The zero-order valence-corrected chi connectivity index (χ0v) is 10.2. The Labute approximate surface area is 104 Å². The number of aromatic amines is 1. The van der Waals surface area contributed by atoms with Crippen molar-refractivity contribution in [3.63, 3.8) is 0 Å². The molecule has 2 aromatic rings. The van der Waals surface area contributed by atoms with Gasteiger partial charge in [-0.3, -0.25) is 5.10 Å². The minimum atomic E-state index is -0.401. The average Bonchev–Trinajstić information content (AvgIpc) is 2.72. The van der Waals surface area contributed by atoms with E-state index in [0.29, 0.717) is 29.5 Å². The molecule has 2 aromatic heterocycles. The number of rotatable bonds is 4. The molecule has 0 aromatic carbocycles. The van der Waals surface area contributed by atoms with Crippen molar-refractivity contribution in [1.29, 1.82) is 0 Å². The van der Waals surface area contributed by atoms with Crippen LogP contribution >= 0.6 is 0 Å². The molecule has 0 radical (unpaired) electrons. The summed E-state index contributed by atoms with van der Waals surface area (Å²) in [6.45, 7) is 3.86. The van der Waals surface area contributed by atoms with E-state index in [1.165, 1.54) is 0 Å². The summed E-state index contributed by atoms with van der Waals surface area (Å²) < 4.78 is 4.99. The molecule has 0 aliphatic rings. The van der Waals surface area contributed by atoms with Crippen molar-refractivity contribution in [3.05, 3.63) is 35.7 Å². The van der Waals surface area contributed by atoms with Crippen LogP contribution in [-0.4, -0.2) is 27.8 Å². The van der Waals surface area contributed by atoms with Crippen molar-refractivity contribution < 1.29 is 9.53 Å². The number of pyridine rings is 1. The number of hydrogen-bond donors (Lipinski definition) is 2. The van der Waals surface area contributed by atoms with Gasteiger partial charge in [0.25, 0.3) is 0 Å². The average molecular weight is 246 g/mol. The highest BCUT2D eigenvalue weighted by Crippen LogP contribution is 2.20. The van der Waals surface area contributed by atoms with Crippen molar-refractivity contribution in [2.75, 3.05) is 11.9 Å². The molecule has 0 unspecified atom stereocenters. The van der Waals surface area contributed by atoms with Crippen LogP contribution < -0.4 is 5.32 Å². The number of aromatic nitrogens is 3. The maximum absolute atomic E-state index is 11.8. The van der Waals surface area contributed by atoms with E-state index in [1.807, 2.05) is 12.1 Å². The van der Waals surface area contributed by atoms with E-state index in [1.54, 1.807) is 26.1 Å². The molecule has 0 saturated heterocycles. The van der Waals surface area contributed by atoms with Crippen LogP contribution in [0, 0.1) is 6.92 Å². The third kappa shape index (κ3) is 2.48. The molecule has 18 heavy (non-hydrogen) atoms. The van der Waals surface area contributed by atoms with E-state index in [9.17, 15) is 4.79 Å². The lowest BCUT2D eigenvalue weighted by molar-refractivity contribution is 0.0527. The third-order valence-electron chi connectivity index (χ3n) is 2.34. The third-order valence-corrected chi connectivity index (χ3v) is 2.34. The number of carbonyl (C=O) groups excluding carboxylic acids is 1. The first-order chi connectivity index (χ1) is 8.72. The second-order valence-electron chi connectivity index (χ2n) is 3.63. The number of anilines is 2. The molecule has 2 heterocycles. The van der Waals surface area contributed by atoms with Gasteiger partial charge < -0.3 is 10.1 Å². The fraction of sp³-hybridized carbons (Fsp3) is 0.250. The lowest BCUT2D eigenvalue weighted by Gasteiger charge is -2.05. The summed E-state index contributed by atoms with van der Waals surface area (Å²) in [6.07, 6.45) is 1.66. The number of carbonyl (C=O) groups is 1. The molecule has 0 atom stereocenters. The zero-order valence-electron chi connectivity index (χ0n) is 10.2. The highest BCUT2D eigenvalue weighted by Gasteiger charge is 2.19. The van der Waals surface area contributed by atoms with Gasteiger partial charge in [0.05, 0.1) is 6.61 Å². The van der Waals surface area contributed by atoms with Gasteiger partial charge in [0.15, 0.2) is 5.82 Å². The Morgan fingerprint density at radius 3 is 3.00 bits per heavy atom. The molecule has 0 amide bonds. The van der Waals surface area contributed by atoms with Crippen LogP contribution in [-0.2, 0) is 4.74 Å². The van der Waals surface area contributed by atoms with E-state index in [4.69, 9.17) is 4.74 Å². The van der Waals surface area contributed by atoms with Gasteiger partial charge in [0, 0.05) is 11.9 Å². The van der Waals surface area contributed by atoms with Crippen LogP contribution in [0.4, 0.5) is 11.6 Å². The van der Waals surface area contributed by atoms with Gasteiger partial charge in [0.2, 0.25) is 0 Å². The van der Waals surface area contributed by atoms with E-state index >= 15 is 0 Å². The van der Waals surface area contributed by atoms with Gasteiger partial charge in [-0.1, -0.05) is 6.07 Å². The summed E-state index contributed by atoms with van der Waals surface area (Å²) in [5, 5.41) is 9.77. The van der Waals surface area contributed by atoms with Crippen molar-refractivity contribution in [2.24, 2.45) is 0 Å². The normalized spacial score (nSPS) is 10.1. The second-order valence-corrected chi connectivity index (χ2v) is 3.63. The summed E-state index contributed by atoms with van der Waals surface area (Å²) in [5.41, 5.74) is 1.06. The first-order valence-corrected chi connectivity index (χ1v) is 5.62. The van der Waals surface area contributed by atoms with Crippen molar-refractivity contribution in [3.8, 4) is 0 Å². The van der Waals surface area contributed by atoms with Gasteiger partial charge in [-0.15, -0.1) is 0 Å². The Bertz CT molecular complexity index is 536. The van der Waals surface area contributed by atoms with Crippen molar-refractivity contribution in [1.82, 2.24) is 15.2 Å². The van der Waals surface area contributed by atoms with Gasteiger partial charge in [-0.2, -0.15) is 5.10 Å². The summed E-state index contributed by atoms with van der Waals surface area (Å²) in [4.78, 5) is 15.9. The molecule has 6 nitrogen and oxygen atoms in total. The number of H-pyrrole nitrogens is 1. The molecule has 6 heteroatoms. The predicted octanol–water partition coefficient (Wildman–Crippen LogP) is 2.03. The number of esters is 1. The Balaban J connectivity index is 2.26. The molecule has 94 valence electrons. The second kappa shape index (κ2) is 5.31. The van der Waals surface area contributed by atoms with Crippen molar-refractivity contribution >= 4 is 17.6 Å². The highest BCUT2D eigenvalue weighted by atomic mass is 16.5. The Kier molecular flexibility index (Phi) is 3.57. The topological polar surface area (TPSA) is 79.9 Å². The Morgan fingerprint density at radius 2 is 2.33 bits per heavy atom. The largest absolute Gasteiger partial charge is 0.462 e.